The zero-order valence-corrected chi connectivity index (χ0v) is 11.0. The van der Waals surface area contributed by atoms with Crippen molar-refractivity contribution in [2.24, 2.45) is 11.7 Å². The molecular weight excluding hydrogens is 222 g/mol. The molecule has 0 aliphatic rings. The molecule has 5 heteroatoms. The molecule has 2 N–H and O–H groups in total. The first-order valence-corrected chi connectivity index (χ1v) is 6.24. The number of likely N-dealkylation sites (N-methyl/N-ethyl adjacent to an activating group) is 1. The number of hydrogen-bond donors (Lipinski definition) is 1. The first-order valence-electron chi connectivity index (χ1n) is 5.36. The van der Waals surface area contributed by atoms with Crippen LogP contribution in [-0.2, 0) is 4.79 Å². The van der Waals surface area contributed by atoms with Crippen molar-refractivity contribution in [1.29, 1.82) is 0 Å². The Morgan fingerprint density at radius 1 is 1.50 bits per heavy atom. The van der Waals surface area contributed by atoms with E-state index in [2.05, 4.69) is 4.98 Å². The van der Waals surface area contributed by atoms with Crippen LogP contribution in [0.3, 0.4) is 0 Å². The fraction of sp³-hybridized carbons (Fsp3) is 0.636. The molecule has 1 heterocycles. The van der Waals surface area contributed by atoms with Gasteiger partial charge in [-0.15, -0.1) is 11.3 Å². The highest BCUT2D eigenvalue weighted by molar-refractivity contribution is 7.09. The lowest BCUT2D eigenvalue weighted by atomic mass is 10.0. The Morgan fingerprint density at radius 3 is 2.56 bits per heavy atom. The number of nitrogens with two attached hydrogens (primary N) is 1. The molecule has 2 atom stereocenters. The molecular formula is C11H19N3OS. The van der Waals surface area contributed by atoms with Gasteiger partial charge in [0.05, 0.1) is 12.1 Å². The van der Waals surface area contributed by atoms with Crippen molar-refractivity contribution < 1.29 is 4.79 Å². The van der Waals surface area contributed by atoms with Crippen LogP contribution in [0, 0.1) is 5.92 Å². The minimum Gasteiger partial charge on any atom is -0.335 e. The number of thiazole rings is 1. The second kappa shape index (κ2) is 5.41. The van der Waals surface area contributed by atoms with Crippen molar-refractivity contribution in [3.05, 3.63) is 16.6 Å². The van der Waals surface area contributed by atoms with Gasteiger partial charge in [0.15, 0.2) is 0 Å². The van der Waals surface area contributed by atoms with E-state index >= 15 is 0 Å². The Kier molecular flexibility index (Phi) is 4.44. The van der Waals surface area contributed by atoms with Crippen LogP contribution >= 0.6 is 11.3 Å². The average Bonchev–Trinajstić information content (AvgIpc) is 2.78. The maximum atomic E-state index is 12.0. The summed E-state index contributed by atoms with van der Waals surface area (Å²) >= 11 is 1.55. The van der Waals surface area contributed by atoms with Gasteiger partial charge in [0.25, 0.3) is 0 Å². The second-order valence-electron chi connectivity index (χ2n) is 4.27. The Hall–Kier alpha value is -0.940. The zero-order valence-electron chi connectivity index (χ0n) is 10.2. The number of hydrogen-bond acceptors (Lipinski definition) is 4. The van der Waals surface area contributed by atoms with Gasteiger partial charge in [0.1, 0.15) is 5.01 Å². The molecule has 0 aliphatic carbocycles. The highest BCUT2D eigenvalue weighted by Gasteiger charge is 2.25. The van der Waals surface area contributed by atoms with Crippen molar-refractivity contribution in [3.63, 3.8) is 0 Å². The van der Waals surface area contributed by atoms with Gasteiger partial charge in [-0.3, -0.25) is 4.79 Å². The summed E-state index contributed by atoms with van der Waals surface area (Å²) in [4.78, 5) is 17.9. The van der Waals surface area contributed by atoms with Crippen LogP contribution in [0.1, 0.15) is 31.8 Å². The number of aromatic nitrogens is 1. The van der Waals surface area contributed by atoms with Gasteiger partial charge >= 0.3 is 0 Å². The molecule has 0 aromatic carbocycles. The molecule has 90 valence electrons. The van der Waals surface area contributed by atoms with E-state index in [0.29, 0.717) is 0 Å². The highest BCUT2D eigenvalue weighted by Crippen LogP contribution is 2.21. The fourth-order valence-corrected chi connectivity index (χ4v) is 2.06. The first kappa shape index (κ1) is 13.1. The smallest absolute Gasteiger partial charge is 0.240 e. The Morgan fingerprint density at radius 2 is 2.12 bits per heavy atom. The molecule has 1 aromatic rings. The van der Waals surface area contributed by atoms with Crippen molar-refractivity contribution in [2.75, 3.05) is 7.05 Å². The van der Waals surface area contributed by atoms with Crippen molar-refractivity contribution >= 4 is 17.2 Å². The van der Waals surface area contributed by atoms with Gasteiger partial charge in [0, 0.05) is 18.6 Å². The molecule has 0 radical (unpaired) electrons. The summed E-state index contributed by atoms with van der Waals surface area (Å²) in [5, 5.41) is 2.85. The summed E-state index contributed by atoms with van der Waals surface area (Å²) < 4.78 is 0. The van der Waals surface area contributed by atoms with Crippen molar-refractivity contribution in [3.8, 4) is 0 Å². The lowest BCUT2D eigenvalue weighted by Crippen LogP contribution is -2.45. The number of carbonyl (C=O) groups is 1. The molecule has 1 aromatic heterocycles. The van der Waals surface area contributed by atoms with E-state index in [1.807, 2.05) is 26.2 Å². The van der Waals surface area contributed by atoms with E-state index in [9.17, 15) is 4.79 Å². The molecule has 0 bridgehead atoms. The first-order chi connectivity index (χ1) is 7.45. The van der Waals surface area contributed by atoms with Crippen molar-refractivity contribution in [1.82, 2.24) is 9.88 Å². The number of nitrogens with zero attached hydrogens (tertiary/aromatic N) is 2. The van der Waals surface area contributed by atoms with Crippen LogP contribution in [0.2, 0.25) is 0 Å². The minimum atomic E-state index is -0.438. The zero-order chi connectivity index (χ0) is 12.3. The molecule has 1 amide bonds. The van der Waals surface area contributed by atoms with Gasteiger partial charge in [-0.2, -0.15) is 0 Å². The maximum absolute atomic E-state index is 12.0. The lowest BCUT2D eigenvalue weighted by molar-refractivity contribution is -0.134. The monoisotopic (exact) mass is 241 g/mol. The molecule has 1 rings (SSSR count). The van der Waals surface area contributed by atoms with Crippen LogP contribution in [0.5, 0.6) is 0 Å². The number of carbonyl (C=O) groups excluding carboxylic acids is 1. The molecule has 16 heavy (non-hydrogen) atoms. The lowest BCUT2D eigenvalue weighted by Gasteiger charge is -2.27. The fourth-order valence-electron chi connectivity index (χ4n) is 1.32. The topological polar surface area (TPSA) is 59.2 Å². The summed E-state index contributed by atoms with van der Waals surface area (Å²) in [6.45, 7) is 5.86. The van der Waals surface area contributed by atoms with E-state index < -0.39 is 6.04 Å². The summed E-state index contributed by atoms with van der Waals surface area (Å²) in [5.41, 5.74) is 5.84. The van der Waals surface area contributed by atoms with Crippen LogP contribution < -0.4 is 5.73 Å². The Labute approximate surface area is 100 Å². The minimum absolute atomic E-state index is 0.0164. The second-order valence-corrected chi connectivity index (χ2v) is 5.19. The molecule has 0 spiro atoms. The molecule has 0 saturated carbocycles. The summed E-state index contributed by atoms with van der Waals surface area (Å²) in [5.74, 6) is 0.121. The summed E-state index contributed by atoms with van der Waals surface area (Å²) in [6.07, 6.45) is 1.75. The largest absolute Gasteiger partial charge is 0.335 e. The standard InChI is InChI=1S/C11H19N3OS/c1-7(2)9(12)11(15)14(4)8(3)10-13-5-6-16-10/h5-9H,12H2,1-4H3/t8-,9?/m0/s1. The van der Waals surface area contributed by atoms with E-state index in [1.54, 1.807) is 29.5 Å². The molecule has 4 nitrogen and oxygen atoms in total. The van der Waals surface area contributed by atoms with Gasteiger partial charge < -0.3 is 10.6 Å². The third kappa shape index (κ3) is 2.80. The molecule has 1 unspecified atom stereocenters. The maximum Gasteiger partial charge on any atom is 0.240 e. The van der Waals surface area contributed by atoms with Crippen LogP contribution in [0.25, 0.3) is 0 Å². The third-order valence-electron chi connectivity index (χ3n) is 2.74. The third-order valence-corrected chi connectivity index (χ3v) is 3.69. The van der Waals surface area contributed by atoms with Gasteiger partial charge in [0.2, 0.25) is 5.91 Å². The average molecular weight is 241 g/mol. The van der Waals surface area contributed by atoms with Gasteiger partial charge in [-0.05, 0) is 12.8 Å². The number of amides is 1. The van der Waals surface area contributed by atoms with Gasteiger partial charge in [-0.25, -0.2) is 4.98 Å². The van der Waals surface area contributed by atoms with E-state index in [1.165, 1.54) is 0 Å². The summed E-state index contributed by atoms with van der Waals surface area (Å²) in [7, 11) is 1.77. The predicted octanol–water partition coefficient (Wildman–Crippen LogP) is 1.65. The SMILES string of the molecule is CC(C)C(N)C(=O)N(C)[C@@H](C)c1nccs1. The predicted molar refractivity (Wildman–Crippen MR) is 66.1 cm³/mol. The highest BCUT2D eigenvalue weighted by atomic mass is 32.1. The van der Waals surface area contributed by atoms with Crippen LogP contribution in [-0.4, -0.2) is 28.9 Å². The quantitative estimate of drug-likeness (QED) is 0.872. The molecule has 0 fully saturated rings. The van der Waals surface area contributed by atoms with E-state index in [4.69, 9.17) is 5.73 Å². The molecule has 0 aliphatic heterocycles. The molecule has 0 saturated heterocycles. The summed E-state index contributed by atoms with van der Waals surface area (Å²) in [6, 6.07) is -0.454. The Balaban J connectivity index is 2.71. The van der Waals surface area contributed by atoms with Crippen molar-refractivity contribution in [2.45, 2.75) is 32.9 Å². The van der Waals surface area contributed by atoms with E-state index in [0.717, 1.165) is 5.01 Å². The number of rotatable bonds is 4. The van der Waals surface area contributed by atoms with Gasteiger partial charge in [-0.1, -0.05) is 13.8 Å². The van der Waals surface area contributed by atoms with Crippen LogP contribution in [0.15, 0.2) is 11.6 Å². The van der Waals surface area contributed by atoms with E-state index in [-0.39, 0.29) is 17.9 Å². The van der Waals surface area contributed by atoms with Crippen LogP contribution in [0.4, 0.5) is 0 Å². The Bertz CT molecular complexity index is 337. The normalized spacial score (nSPS) is 14.9.